The molecule has 7 heteroatoms. The molecule has 0 unspecified atom stereocenters. The molecule has 0 aliphatic heterocycles. The summed E-state index contributed by atoms with van der Waals surface area (Å²) in [5.74, 6) is -0.512. The van der Waals surface area contributed by atoms with E-state index in [0.717, 1.165) is 12.1 Å². The zero-order valence-corrected chi connectivity index (χ0v) is 10.3. The number of hydrogen-bond acceptors (Lipinski definition) is 2. The first-order chi connectivity index (χ1) is 9.85. The molecule has 0 aromatic heterocycles. The van der Waals surface area contributed by atoms with Crippen molar-refractivity contribution in [2.45, 2.75) is 13.0 Å². The highest BCUT2D eigenvalue weighted by atomic mass is 19.4. The standard InChI is InChI=1S/C14H8F5O2/c15-13(16)20-12-4-2-1-3-11(12)9-5-7-10(8-6-9)21-14(17,18)19/h1,3-8,13H. The minimum absolute atomic E-state index is 0.114. The zero-order valence-electron chi connectivity index (χ0n) is 10.3. The Bertz CT molecular complexity index is 593. The van der Waals surface area contributed by atoms with E-state index in [9.17, 15) is 22.0 Å². The van der Waals surface area contributed by atoms with Crippen LogP contribution in [0.2, 0.25) is 0 Å². The van der Waals surface area contributed by atoms with Crippen molar-refractivity contribution >= 4 is 0 Å². The number of ether oxygens (including phenoxy) is 2. The molecule has 0 spiro atoms. The number of hydrogen-bond donors (Lipinski definition) is 0. The largest absolute Gasteiger partial charge is 0.573 e. The number of alkyl halides is 5. The second-order valence-electron chi connectivity index (χ2n) is 3.87. The van der Waals surface area contributed by atoms with Crippen molar-refractivity contribution in [3.8, 4) is 22.6 Å². The summed E-state index contributed by atoms with van der Waals surface area (Å²) >= 11 is 0. The summed E-state index contributed by atoms with van der Waals surface area (Å²) in [7, 11) is 0. The van der Waals surface area contributed by atoms with Crippen LogP contribution in [0.1, 0.15) is 0 Å². The van der Waals surface area contributed by atoms with Crippen molar-refractivity contribution in [2.24, 2.45) is 0 Å². The fourth-order valence-corrected chi connectivity index (χ4v) is 1.68. The van der Waals surface area contributed by atoms with Gasteiger partial charge in [0.15, 0.2) is 0 Å². The molecule has 21 heavy (non-hydrogen) atoms. The van der Waals surface area contributed by atoms with Crippen LogP contribution in [0, 0.1) is 6.07 Å². The lowest BCUT2D eigenvalue weighted by molar-refractivity contribution is -0.274. The minimum Gasteiger partial charge on any atom is -0.434 e. The normalized spacial score (nSPS) is 11.5. The van der Waals surface area contributed by atoms with Crippen LogP contribution in [-0.4, -0.2) is 13.0 Å². The summed E-state index contributed by atoms with van der Waals surface area (Å²) in [6.45, 7) is -3.01. The van der Waals surface area contributed by atoms with Gasteiger partial charge in [-0.3, -0.25) is 0 Å². The molecule has 1 radical (unpaired) electrons. The lowest BCUT2D eigenvalue weighted by Crippen LogP contribution is -2.16. The molecule has 0 saturated heterocycles. The highest BCUT2D eigenvalue weighted by molar-refractivity contribution is 5.70. The third-order valence-corrected chi connectivity index (χ3v) is 2.44. The fourth-order valence-electron chi connectivity index (χ4n) is 1.68. The van der Waals surface area contributed by atoms with Crippen LogP contribution in [0.15, 0.2) is 42.5 Å². The molecule has 0 bridgehead atoms. The van der Waals surface area contributed by atoms with Gasteiger partial charge in [-0.2, -0.15) is 8.78 Å². The first-order valence-electron chi connectivity index (χ1n) is 5.66. The Morgan fingerprint density at radius 1 is 1.00 bits per heavy atom. The van der Waals surface area contributed by atoms with Crippen LogP contribution in [0.3, 0.4) is 0 Å². The Balaban J connectivity index is 2.27. The first kappa shape index (κ1) is 15.1. The van der Waals surface area contributed by atoms with Crippen LogP contribution in [-0.2, 0) is 0 Å². The molecule has 2 nitrogen and oxygen atoms in total. The van der Waals surface area contributed by atoms with E-state index >= 15 is 0 Å². The summed E-state index contributed by atoms with van der Waals surface area (Å²) in [6.07, 6.45) is -4.78. The topological polar surface area (TPSA) is 18.5 Å². The van der Waals surface area contributed by atoms with E-state index in [4.69, 9.17) is 0 Å². The summed E-state index contributed by atoms with van der Waals surface area (Å²) in [4.78, 5) is 0. The van der Waals surface area contributed by atoms with Gasteiger partial charge in [0, 0.05) is 5.56 Å². The third kappa shape index (κ3) is 4.34. The van der Waals surface area contributed by atoms with Crippen molar-refractivity contribution in [3.63, 3.8) is 0 Å². The molecular formula is C14H8F5O2. The van der Waals surface area contributed by atoms with E-state index in [0.29, 0.717) is 11.1 Å². The maximum absolute atomic E-state index is 12.3. The third-order valence-electron chi connectivity index (χ3n) is 2.44. The number of rotatable bonds is 4. The SMILES string of the molecule is FC(F)Oc1c[c]ccc1-c1ccc(OC(F)(F)F)cc1. The van der Waals surface area contributed by atoms with Crippen molar-refractivity contribution in [3.05, 3.63) is 48.5 Å². The Labute approximate surface area is 116 Å². The molecule has 2 rings (SSSR count). The molecule has 2 aromatic carbocycles. The van der Waals surface area contributed by atoms with Gasteiger partial charge in [-0.15, -0.1) is 13.2 Å². The van der Waals surface area contributed by atoms with Crippen molar-refractivity contribution in [1.82, 2.24) is 0 Å². The zero-order chi connectivity index (χ0) is 15.5. The lowest BCUT2D eigenvalue weighted by Gasteiger charge is -2.12. The molecule has 111 valence electrons. The summed E-state index contributed by atoms with van der Waals surface area (Å²) < 4.78 is 68.8. The van der Waals surface area contributed by atoms with E-state index in [-0.39, 0.29) is 5.75 Å². The maximum Gasteiger partial charge on any atom is 0.573 e. The predicted octanol–water partition coefficient (Wildman–Crippen LogP) is 4.65. The van der Waals surface area contributed by atoms with Gasteiger partial charge >= 0.3 is 13.0 Å². The van der Waals surface area contributed by atoms with Crippen molar-refractivity contribution < 1.29 is 31.4 Å². The fraction of sp³-hybridized carbons (Fsp3) is 0.143. The molecule has 0 saturated carbocycles. The highest BCUT2D eigenvalue weighted by Crippen LogP contribution is 2.32. The van der Waals surface area contributed by atoms with Crippen LogP contribution < -0.4 is 9.47 Å². The molecule has 0 heterocycles. The molecular weight excluding hydrogens is 295 g/mol. The van der Waals surface area contributed by atoms with E-state index in [1.54, 1.807) is 0 Å². The van der Waals surface area contributed by atoms with E-state index in [1.807, 2.05) is 0 Å². The second kappa shape index (κ2) is 5.99. The molecule has 0 aliphatic carbocycles. The first-order valence-corrected chi connectivity index (χ1v) is 5.66. The molecule has 2 aromatic rings. The smallest absolute Gasteiger partial charge is 0.434 e. The average molecular weight is 303 g/mol. The van der Waals surface area contributed by atoms with Crippen molar-refractivity contribution in [2.75, 3.05) is 0 Å². The van der Waals surface area contributed by atoms with E-state index in [2.05, 4.69) is 15.5 Å². The van der Waals surface area contributed by atoms with Crippen LogP contribution >= 0.6 is 0 Å². The summed E-state index contributed by atoms with van der Waals surface area (Å²) in [6, 6.07) is 11.6. The Morgan fingerprint density at radius 2 is 1.67 bits per heavy atom. The van der Waals surface area contributed by atoms with Gasteiger partial charge in [-0.25, -0.2) is 0 Å². The van der Waals surface area contributed by atoms with Gasteiger partial charge in [0.05, 0.1) is 0 Å². The van der Waals surface area contributed by atoms with Gasteiger partial charge in [-0.05, 0) is 29.8 Å². The molecule has 0 atom stereocenters. The average Bonchev–Trinajstić information content (AvgIpc) is 2.38. The molecule has 0 N–H and O–H groups in total. The highest BCUT2D eigenvalue weighted by Gasteiger charge is 2.31. The van der Waals surface area contributed by atoms with Gasteiger partial charge in [0.25, 0.3) is 0 Å². The molecule has 0 fully saturated rings. The Hall–Kier alpha value is -2.31. The molecule has 0 amide bonds. The van der Waals surface area contributed by atoms with Gasteiger partial charge in [0.1, 0.15) is 11.5 Å². The maximum atomic E-state index is 12.3. The van der Waals surface area contributed by atoms with Crippen LogP contribution in [0.4, 0.5) is 22.0 Å². The quantitative estimate of drug-likeness (QED) is 0.765. The summed E-state index contributed by atoms with van der Waals surface area (Å²) in [5.41, 5.74) is 0.724. The van der Waals surface area contributed by atoms with E-state index in [1.165, 1.54) is 30.3 Å². The Kier molecular flexibility index (Phi) is 4.30. The monoisotopic (exact) mass is 303 g/mol. The van der Waals surface area contributed by atoms with Crippen LogP contribution in [0.5, 0.6) is 11.5 Å². The molecule has 0 aliphatic rings. The van der Waals surface area contributed by atoms with Crippen molar-refractivity contribution in [1.29, 1.82) is 0 Å². The Morgan fingerprint density at radius 3 is 2.24 bits per heavy atom. The number of halogens is 5. The number of benzene rings is 2. The predicted molar refractivity (Wildman–Crippen MR) is 64.0 cm³/mol. The van der Waals surface area contributed by atoms with Gasteiger partial charge < -0.3 is 9.47 Å². The summed E-state index contributed by atoms with van der Waals surface area (Å²) in [5, 5.41) is 0. The van der Waals surface area contributed by atoms with E-state index < -0.39 is 18.7 Å². The second-order valence-corrected chi connectivity index (χ2v) is 3.87. The lowest BCUT2D eigenvalue weighted by atomic mass is 10.0. The minimum atomic E-state index is -4.78. The van der Waals surface area contributed by atoms with Gasteiger partial charge in [0.2, 0.25) is 0 Å². The van der Waals surface area contributed by atoms with Gasteiger partial charge in [-0.1, -0.05) is 24.3 Å². The van der Waals surface area contributed by atoms with Crippen LogP contribution in [0.25, 0.3) is 11.1 Å².